The number of amides is 2. The largest absolute Gasteiger partial charge is 0.379 e. The van der Waals surface area contributed by atoms with E-state index in [9.17, 15) is 4.79 Å². The molecule has 6 nitrogen and oxygen atoms in total. The number of fused-ring (bicyclic) bond motifs is 1. The predicted octanol–water partition coefficient (Wildman–Crippen LogP) is 2.55. The zero-order valence-electron chi connectivity index (χ0n) is 17.1. The zero-order valence-corrected chi connectivity index (χ0v) is 17.1. The highest BCUT2D eigenvalue weighted by Gasteiger charge is 2.25. The van der Waals surface area contributed by atoms with Gasteiger partial charge in [0.15, 0.2) is 0 Å². The van der Waals surface area contributed by atoms with Crippen LogP contribution in [0.1, 0.15) is 22.7 Å². The number of hydrogen-bond donors (Lipinski definition) is 2. The minimum absolute atomic E-state index is 0.131. The summed E-state index contributed by atoms with van der Waals surface area (Å²) in [5.41, 5.74) is 5.08. The van der Waals surface area contributed by atoms with Crippen molar-refractivity contribution in [2.45, 2.75) is 19.0 Å². The van der Waals surface area contributed by atoms with Gasteiger partial charge < -0.3 is 20.3 Å². The first-order valence-electron chi connectivity index (χ1n) is 10.4. The van der Waals surface area contributed by atoms with E-state index >= 15 is 0 Å². The first-order chi connectivity index (χ1) is 14.2. The Morgan fingerprint density at radius 3 is 2.66 bits per heavy atom. The molecule has 2 aromatic rings. The third kappa shape index (κ3) is 4.89. The summed E-state index contributed by atoms with van der Waals surface area (Å²) in [4.78, 5) is 17.1. The minimum atomic E-state index is -0.131. The summed E-state index contributed by atoms with van der Waals surface area (Å²) < 4.78 is 5.54. The lowest BCUT2D eigenvalue weighted by atomic mass is 10.0. The van der Waals surface area contributed by atoms with E-state index in [1.807, 2.05) is 30.3 Å². The lowest BCUT2D eigenvalue weighted by Gasteiger charge is -2.35. The van der Waals surface area contributed by atoms with Gasteiger partial charge in [-0.05, 0) is 29.2 Å². The van der Waals surface area contributed by atoms with Crippen LogP contribution >= 0.6 is 0 Å². The Bertz CT molecular complexity index is 821. The Balaban J connectivity index is 1.41. The van der Waals surface area contributed by atoms with Crippen LogP contribution in [0.25, 0.3) is 0 Å². The summed E-state index contributed by atoms with van der Waals surface area (Å²) in [7, 11) is 2.14. The van der Waals surface area contributed by atoms with E-state index in [2.05, 4.69) is 45.7 Å². The van der Waals surface area contributed by atoms with Gasteiger partial charge in [-0.1, -0.05) is 42.5 Å². The molecule has 0 radical (unpaired) electrons. The topological polar surface area (TPSA) is 56.8 Å². The molecule has 2 aromatic carbocycles. The summed E-state index contributed by atoms with van der Waals surface area (Å²) in [6.07, 6.45) is 1.08. The molecule has 0 bridgehead atoms. The molecule has 1 atom stereocenters. The van der Waals surface area contributed by atoms with Crippen LogP contribution in [0.3, 0.4) is 0 Å². The van der Waals surface area contributed by atoms with Crippen molar-refractivity contribution in [1.82, 2.24) is 15.5 Å². The fraction of sp³-hybridized carbons (Fsp3) is 0.435. The highest BCUT2D eigenvalue weighted by atomic mass is 16.5. The molecule has 0 aromatic heterocycles. The van der Waals surface area contributed by atoms with E-state index < -0.39 is 0 Å². The number of ether oxygens (including phenoxy) is 1. The third-order valence-corrected chi connectivity index (χ3v) is 5.85. The Morgan fingerprint density at radius 2 is 1.86 bits per heavy atom. The number of rotatable bonds is 6. The molecular weight excluding hydrogens is 364 g/mol. The van der Waals surface area contributed by atoms with Crippen LogP contribution in [0.2, 0.25) is 0 Å². The van der Waals surface area contributed by atoms with Crippen LogP contribution in [-0.4, -0.2) is 57.4 Å². The molecule has 0 aliphatic carbocycles. The number of anilines is 1. The van der Waals surface area contributed by atoms with Crippen LogP contribution in [0.5, 0.6) is 0 Å². The van der Waals surface area contributed by atoms with E-state index in [0.29, 0.717) is 13.1 Å². The van der Waals surface area contributed by atoms with Gasteiger partial charge in [0.25, 0.3) is 0 Å². The number of nitrogens with one attached hydrogen (secondary N) is 2. The van der Waals surface area contributed by atoms with Crippen molar-refractivity contribution in [2.24, 2.45) is 0 Å². The Morgan fingerprint density at radius 1 is 1.07 bits per heavy atom. The molecule has 2 heterocycles. The molecule has 29 heavy (non-hydrogen) atoms. The average molecular weight is 395 g/mol. The highest BCUT2D eigenvalue weighted by molar-refractivity contribution is 5.73. The second-order valence-corrected chi connectivity index (χ2v) is 7.77. The number of carbonyl (C=O) groups excluding carboxylic acids is 1. The lowest BCUT2D eigenvalue weighted by Crippen LogP contribution is -2.45. The maximum Gasteiger partial charge on any atom is 0.315 e. The van der Waals surface area contributed by atoms with Crippen molar-refractivity contribution >= 4 is 11.7 Å². The number of nitrogens with zero attached hydrogens (tertiary/aromatic N) is 2. The Hall–Kier alpha value is -2.57. The number of hydrogen-bond acceptors (Lipinski definition) is 4. The van der Waals surface area contributed by atoms with E-state index in [1.54, 1.807) is 0 Å². The summed E-state index contributed by atoms with van der Waals surface area (Å²) in [5, 5.41) is 6.04. The average Bonchev–Trinajstić information content (AvgIpc) is 3.14. The van der Waals surface area contributed by atoms with E-state index in [4.69, 9.17) is 4.74 Å². The Kier molecular flexibility index (Phi) is 6.32. The van der Waals surface area contributed by atoms with Crippen LogP contribution in [0.15, 0.2) is 48.5 Å². The van der Waals surface area contributed by atoms with Gasteiger partial charge in [0, 0.05) is 45.5 Å². The number of urea groups is 1. The van der Waals surface area contributed by atoms with Gasteiger partial charge in [-0.3, -0.25) is 4.90 Å². The van der Waals surface area contributed by atoms with E-state index in [0.717, 1.165) is 44.8 Å². The number of carbonyl (C=O) groups is 1. The third-order valence-electron chi connectivity index (χ3n) is 5.85. The molecule has 1 saturated heterocycles. The fourth-order valence-corrected chi connectivity index (χ4v) is 4.17. The summed E-state index contributed by atoms with van der Waals surface area (Å²) in [6.45, 7) is 5.43. The van der Waals surface area contributed by atoms with Crippen molar-refractivity contribution in [2.75, 3.05) is 51.3 Å². The van der Waals surface area contributed by atoms with E-state index in [1.165, 1.54) is 16.8 Å². The second kappa shape index (κ2) is 9.29. The molecule has 1 unspecified atom stereocenters. The molecule has 2 aliphatic rings. The molecule has 2 aliphatic heterocycles. The van der Waals surface area contributed by atoms with Crippen molar-refractivity contribution in [1.29, 1.82) is 0 Å². The molecule has 0 spiro atoms. The molecule has 2 N–H and O–H groups in total. The first-order valence-corrected chi connectivity index (χ1v) is 10.4. The molecule has 6 heteroatoms. The highest BCUT2D eigenvalue weighted by Crippen LogP contribution is 2.31. The van der Waals surface area contributed by atoms with Crippen molar-refractivity contribution in [3.05, 3.63) is 65.2 Å². The van der Waals surface area contributed by atoms with Gasteiger partial charge in [0.05, 0.1) is 19.3 Å². The zero-order chi connectivity index (χ0) is 20.1. The molecule has 1 fully saturated rings. The van der Waals surface area contributed by atoms with Gasteiger partial charge in [-0.2, -0.15) is 0 Å². The smallest absolute Gasteiger partial charge is 0.315 e. The summed E-state index contributed by atoms with van der Waals surface area (Å²) in [5.74, 6) is 0. The monoisotopic (exact) mass is 394 g/mol. The lowest BCUT2D eigenvalue weighted by molar-refractivity contribution is 0.0167. The molecular formula is C23H30N4O2. The number of benzene rings is 2. The van der Waals surface area contributed by atoms with E-state index in [-0.39, 0.29) is 12.1 Å². The second-order valence-electron chi connectivity index (χ2n) is 7.77. The predicted molar refractivity (Wildman–Crippen MR) is 115 cm³/mol. The van der Waals surface area contributed by atoms with Crippen LogP contribution < -0.4 is 15.5 Å². The standard InChI is InChI=1S/C23H30N4O2/c1-26-10-9-20-15-19(7-8-21(20)26)22(27-11-13-29-14-12-27)17-25-23(28)24-16-18-5-3-2-4-6-18/h2-8,15,22H,9-14,16-17H2,1H3,(H2,24,25,28). The molecule has 2 amide bonds. The van der Waals surface area contributed by atoms with Crippen LogP contribution in [0, 0.1) is 0 Å². The minimum Gasteiger partial charge on any atom is -0.379 e. The van der Waals surface area contributed by atoms with Crippen molar-refractivity contribution in [3.63, 3.8) is 0 Å². The van der Waals surface area contributed by atoms with Gasteiger partial charge in [-0.15, -0.1) is 0 Å². The Labute approximate surface area is 172 Å². The maximum atomic E-state index is 12.4. The number of morpholine rings is 1. The van der Waals surface area contributed by atoms with Gasteiger partial charge in [-0.25, -0.2) is 4.79 Å². The molecule has 0 saturated carbocycles. The SMILES string of the molecule is CN1CCc2cc(C(CNC(=O)NCc3ccccc3)N3CCOCC3)ccc21. The first kappa shape index (κ1) is 19.7. The summed E-state index contributed by atoms with van der Waals surface area (Å²) in [6, 6.07) is 16.7. The van der Waals surface area contributed by atoms with Crippen LogP contribution in [0.4, 0.5) is 10.5 Å². The number of likely N-dealkylation sites (N-methyl/N-ethyl adjacent to an activating group) is 1. The molecule has 154 valence electrons. The van der Waals surface area contributed by atoms with Gasteiger partial charge >= 0.3 is 6.03 Å². The quantitative estimate of drug-likeness (QED) is 0.791. The van der Waals surface area contributed by atoms with Gasteiger partial charge in [0.1, 0.15) is 0 Å². The van der Waals surface area contributed by atoms with Crippen LogP contribution in [-0.2, 0) is 17.7 Å². The maximum absolute atomic E-state index is 12.4. The van der Waals surface area contributed by atoms with Gasteiger partial charge in [0.2, 0.25) is 0 Å². The van der Waals surface area contributed by atoms with Crippen molar-refractivity contribution in [3.8, 4) is 0 Å². The van der Waals surface area contributed by atoms with Crippen molar-refractivity contribution < 1.29 is 9.53 Å². The fourth-order valence-electron chi connectivity index (χ4n) is 4.17. The summed E-state index contributed by atoms with van der Waals surface area (Å²) >= 11 is 0. The normalized spacial score (nSPS) is 17.6. The molecule has 4 rings (SSSR count).